The van der Waals surface area contributed by atoms with Crippen LogP contribution in [-0.2, 0) is 11.3 Å². The number of hydrogen-bond acceptors (Lipinski definition) is 3. The number of nitrogens with zero attached hydrogens (tertiary/aromatic N) is 1. The second-order valence-corrected chi connectivity index (χ2v) is 8.81. The maximum Gasteiger partial charge on any atom is 0.256 e. The first kappa shape index (κ1) is 22.8. The summed E-state index contributed by atoms with van der Waals surface area (Å²) in [7, 11) is 1.64. The fourth-order valence-corrected chi connectivity index (χ4v) is 4.13. The van der Waals surface area contributed by atoms with Gasteiger partial charge in [0.2, 0.25) is 0 Å². The van der Waals surface area contributed by atoms with Crippen LogP contribution in [0.4, 0.5) is 5.69 Å². The number of methoxy groups -OCH3 is 1. The van der Waals surface area contributed by atoms with Gasteiger partial charge in [0, 0.05) is 17.8 Å². The highest BCUT2D eigenvalue weighted by Crippen LogP contribution is 2.23. The van der Waals surface area contributed by atoms with E-state index in [2.05, 4.69) is 29.3 Å². The number of rotatable bonds is 7. The van der Waals surface area contributed by atoms with Gasteiger partial charge in [0.25, 0.3) is 5.91 Å². The minimum absolute atomic E-state index is 0.130. The van der Waals surface area contributed by atoms with Gasteiger partial charge in [-0.3, -0.25) is 9.69 Å². The lowest BCUT2D eigenvalue weighted by Crippen LogP contribution is -2.32. The topological polar surface area (TPSA) is 41.6 Å². The van der Waals surface area contributed by atoms with Crippen LogP contribution < -0.4 is 10.1 Å². The number of carbonyl (C=O) groups excluding carboxylic acids is 1. The van der Waals surface area contributed by atoms with Crippen molar-refractivity contribution >= 4 is 23.2 Å². The van der Waals surface area contributed by atoms with E-state index in [0.717, 1.165) is 48.1 Å². The maximum absolute atomic E-state index is 13.3. The predicted molar refractivity (Wildman–Crippen MR) is 136 cm³/mol. The van der Waals surface area contributed by atoms with Gasteiger partial charge in [0.1, 0.15) is 5.75 Å². The Hall–Kier alpha value is -3.37. The number of nitrogens with one attached hydrogen (secondary N) is 1. The Morgan fingerprint density at radius 1 is 0.970 bits per heavy atom. The monoisotopic (exact) mass is 440 g/mol. The van der Waals surface area contributed by atoms with Gasteiger partial charge in [-0.25, -0.2) is 0 Å². The molecular formula is C29H32N2O2. The molecule has 3 aromatic carbocycles. The molecule has 0 aliphatic carbocycles. The second kappa shape index (κ2) is 11.0. The molecular weight excluding hydrogens is 408 g/mol. The summed E-state index contributed by atoms with van der Waals surface area (Å²) in [6.45, 7) is 5.63. The smallest absolute Gasteiger partial charge is 0.256 e. The molecule has 1 amide bonds. The van der Waals surface area contributed by atoms with E-state index in [1.165, 1.54) is 18.4 Å². The molecule has 0 saturated carbocycles. The summed E-state index contributed by atoms with van der Waals surface area (Å²) in [5.41, 5.74) is 4.51. The van der Waals surface area contributed by atoms with E-state index in [1.54, 1.807) is 7.11 Å². The number of ether oxygens (including phenoxy) is 1. The Kier molecular flexibility index (Phi) is 7.59. The molecule has 4 rings (SSSR count). The predicted octanol–water partition coefficient (Wildman–Crippen LogP) is 6.11. The van der Waals surface area contributed by atoms with E-state index in [-0.39, 0.29) is 5.91 Å². The maximum atomic E-state index is 13.3. The highest BCUT2D eigenvalue weighted by Gasteiger charge is 2.16. The molecule has 1 aliphatic heterocycles. The number of likely N-dealkylation sites (tertiary alicyclic amines) is 1. The lowest BCUT2D eigenvalue weighted by Gasteiger charge is -2.30. The first-order valence-electron chi connectivity index (χ1n) is 11.6. The summed E-state index contributed by atoms with van der Waals surface area (Å²) >= 11 is 0. The zero-order chi connectivity index (χ0) is 23.0. The third kappa shape index (κ3) is 6.33. The molecule has 4 heteroatoms. The van der Waals surface area contributed by atoms with Crippen LogP contribution in [0.3, 0.4) is 0 Å². The average Bonchev–Trinajstić information content (AvgIpc) is 2.86. The van der Waals surface area contributed by atoms with Gasteiger partial charge in [-0.2, -0.15) is 0 Å². The number of amides is 1. The van der Waals surface area contributed by atoms with Crippen LogP contribution in [0.15, 0.2) is 78.9 Å². The molecule has 0 spiro atoms. The third-order valence-electron chi connectivity index (χ3n) is 6.25. The largest absolute Gasteiger partial charge is 0.497 e. The van der Waals surface area contributed by atoms with E-state index in [0.29, 0.717) is 5.57 Å². The lowest BCUT2D eigenvalue weighted by molar-refractivity contribution is -0.111. The molecule has 1 heterocycles. The van der Waals surface area contributed by atoms with Crippen molar-refractivity contribution in [2.24, 2.45) is 5.92 Å². The molecule has 4 nitrogen and oxygen atoms in total. The number of carbonyl (C=O) groups is 1. The standard InChI is InChI=1S/C29H32N2O2/c1-22-16-18-31(19-17-22)21-24-8-12-26(13-9-24)30-29(32)28(25-6-4-3-5-7-25)20-23-10-14-27(33-2)15-11-23/h3-15,20,22H,16-19,21H2,1-2H3,(H,30,32)/b28-20+. The zero-order valence-corrected chi connectivity index (χ0v) is 19.5. The molecule has 0 atom stereocenters. The van der Waals surface area contributed by atoms with Crippen molar-refractivity contribution in [2.45, 2.75) is 26.3 Å². The molecule has 1 fully saturated rings. The minimum Gasteiger partial charge on any atom is -0.497 e. The first-order valence-corrected chi connectivity index (χ1v) is 11.6. The van der Waals surface area contributed by atoms with Crippen LogP contribution in [0, 0.1) is 5.92 Å². The van der Waals surface area contributed by atoms with E-state index in [1.807, 2.05) is 72.8 Å². The second-order valence-electron chi connectivity index (χ2n) is 8.81. The van der Waals surface area contributed by atoms with Crippen molar-refractivity contribution in [2.75, 3.05) is 25.5 Å². The van der Waals surface area contributed by atoms with Gasteiger partial charge in [-0.05, 0) is 78.9 Å². The van der Waals surface area contributed by atoms with Crippen LogP contribution >= 0.6 is 0 Å². The van der Waals surface area contributed by atoms with Crippen LogP contribution in [0.5, 0.6) is 5.75 Å². The molecule has 3 aromatic rings. The van der Waals surface area contributed by atoms with Gasteiger partial charge >= 0.3 is 0 Å². The zero-order valence-electron chi connectivity index (χ0n) is 19.5. The molecule has 0 unspecified atom stereocenters. The highest BCUT2D eigenvalue weighted by atomic mass is 16.5. The molecule has 0 aromatic heterocycles. The van der Waals surface area contributed by atoms with Gasteiger partial charge < -0.3 is 10.1 Å². The summed E-state index contributed by atoms with van der Waals surface area (Å²) in [6, 6.07) is 25.7. The van der Waals surface area contributed by atoms with Crippen molar-refractivity contribution in [1.29, 1.82) is 0 Å². The number of hydrogen-bond donors (Lipinski definition) is 1. The quantitative estimate of drug-likeness (QED) is 0.356. The Morgan fingerprint density at radius 2 is 1.64 bits per heavy atom. The highest BCUT2D eigenvalue weighted by molar-refractivity contribution is 6.29. The Balaban J connectivity index is 1.48. The van der Waals surface area contributed by atoms with E-state index in [4.69, 9.17) is 4.74 Å². The molecule has 0 bridgehead atoms. The molecule has 1 N–H and O–H groups in total. The van der Waals surface area contributed by atoms with Crippen molar-refractivity contribution in [3.05, 3.63) is 95.6 Å². The van der Waals surface area contributed by atoms with Crippen LogP contribution in [-0.4, -0.2) is 31.0 Å². The van der Waals surface area contributed by atoms with Crippen molar-refractivity contribution in [3.8, 4) is 5.75 Å². The fraction of sp³-hybridized carbons (Fsp3) is 0.276. The Labute approximate surface area is 196 Å². The van der Waals surface area contributed by atoms with E-state index < -0.39 is 0 Å². The molecule has 0 radical (unpaired) electrons. The van der Waals surface area contributed by atoms with Gasteiger partial charge in [-0.1, -0.05) is 61.5 Å². The number of piperidine rings is 1. The fourth-order valence-electron chi connectivity index (χ4n) is 4.13. The van der Waals surface area contributed by atoms with Crippen molar-refractivity contribution in [3.63, 3.8) is 0 Å². The summed E-state index contributed by atoms with van der Waals surface area (Å²) in [6.07, 6.45) is 4.46. The van der Waals surface area contributed by atoms with Crippen molar-refractivity contribution < 1.29 is 9.53 Å². The molecule has 1 saturated heterocycles. The summed E-state index contributed by atoms with van der Waals surface area (Å²) in [4.78, 5) is 15.8. The molecule has 1 aliphatic rings. The molecule has 170 valence electrons. The third-order valence-corrected chi connectivity index (χ3v) is 6.25. The summed E-state index contributed by atoms with van der Waals surface area (Å²) in [5, 5.41) is 3.07. The minimum atomic E-state index is -0.130. The van der Waals surface area contributed by atoms with Crippen LogP contribution in [0.25, 0.3) is 11.6 Å². The number of anilines is 1. The van der Waals surface area contributed by atoms with Gasteiger partial charge in [0.05, 0.1) is 7.11 Å². The van der Waals surface area contributed by atoms with E-state index in [9.17, 15) is 4.79 Å². The Morgan fingerprint density at radius 3 is 2.27 bits per heavy atom. The average molecular weight is 441 g/mol. The van der Waals surface area contributed by atoms with Gasteiger partial charge in [0.15, 0.2) is 0 Å². The summed E-state index contributed by atoms with van der Waals surface area (Å²) in [5.74, 6) is 1.50. The normalized spacial score (nSPS) is 15.3. The summed E-state index contributed by atoms with van der Waals surface area (Å²) < 4.78 is 5.24. The first-order chi connectivity index (χ1) is 16.1. The van der Waals surface area contributed by atoms with Crippen LogP contribution in [0.2, 0.25) is 0 Å². The Bertz CT molecular complexity index is 1060. The lowest BCUT2D eigenvalue weighted by atomic mass is 9.99. The van der Waals surface area contributed by atoms with Crippen molar-refractivity contribution in [1.82, 2.24) is 4.90 Å². The van der Waals surface area contributed by atoms with E-state index >= 15 is 0 Å². The van der Waals surface area contributed by atoms with Crippen LogP contribution in [0.1, 0.15) is 36.5 Å². The SMILES string of the molecule is COc1ccc(/C=C(/C(=O)Nc2ccc(CN3CCC(C)CC3)cc2)c2ccccc2)cc1. The molecule has 33 heavy (non-hydrogen) atoms. The number of benzene rings is 3. The van der Waals surface area contributed by atoms with Gasteiger partial charge in [-0.15, -0.1) is 0 Å².